The molecule has 0 radical (unpaired) electrons. The highest BCUT2D eigenvalue weighted by Gasteiger charge is 2.25. The van der Waals surface area contributed by atoms with Gasteiger partial charge in [-0.3, -0.25) is 4.79 Å². The minimum atomic E-state index is -1.78. The molecule has 0 fully saturated rings. The molecule has 0 spiro atoms. The highest BCUT2D eigenvalue weighted by atomic mass is 35.6. The number of carbonyl (C=O) groups excluding carboxylic acids is 1. The standard InChI is InChI=1S/C8H12Cl3NO2/c1-7(2,14)4-5(13)3-6(12)8(9,10)11/h3,14H,4,12H2,1-2H3. The van der Waals surface area contributed by atoms with Gasteiger partial charge < -0.3 is 10.8 Å². The van der Waals surface area contributed by atoms with E-state index < -0.39 is 9.39 Å². The van der Waals surface area contributed by atoms with Crippen LogP contribution in [0.5, 0.6) is 0 Å². The van der Waals surface area contributed by atoms with E-state index in [-0.39, 0.29) is 17.9 Å². The third kappa shape index (κ3) is 6.49. The molecule has 0 saturated heterocycles. The first-order chi connectivity index (χ1) is 6.02. The Hall–Kier alpha value is 0.0400. The van der Waals surface area contributed by atoms with Crippen molar-refractivity contribution in [2.45, 2.75) is 29.7 Å². The number of aliphatic hydroxyl groups is 1. The summed E-state index contributed by atoms with van der Waals surface area (Å²) in [5.74, 6) is -0.388. The predicted molar refractivity (Wildman–Crippen MR) is 58.5 cm³/mol. The fourth-order valence-electron chi connectivity index (χ4n) is 0.733. The van der Waals surface area contributed by atoms with E-state index >= 15 is 0 Å². The van der Waals surface area contributed by atoms with Gasteiger partial charge in [-0.1, -0.05) is 34.8 Å². The van der Waals surface area contributed by atoms with Crippen LogP contribution in [0.4, 0.5) is 0 Å². The molecular formula is C8H12Cl3NO2. The second kappa shape index (κ2) is 4.71. The summed E-state index contributed by atoms with van der Waals surface area (Å²) in [5.41, 5.74) is 4.08. The van der Waals surface area contributed by atoms with Crippen molar-refractivity contribution in [3.63, 3.8) is 0 Å². The maximum absolute atomic E-state index is 11.2. The number of rotatable bonds is 3. The molecule has 3 N–H and O–H groups in total. The molecule has 0 atom stereocenters. The Balaban J connectivity index is 4.46. The molecule has 3 nitrogen and oxygen atoms in total. The first-order valence-electron chi connectivity index (χ1n) is 3.82. The number of allylic oxidation sites excluding steroid dienone is 2. The lowest BCUT2D eigenvalue weighted by Gasteiger charge is -2.15. The fourth-order valence-corrected chi connectivity index (χ4v) is 0.896. The summed E-state index contributed by atoms with van der Waals surface area (Å²) in [4.78, 5) is 11.2. The van der Waals surface area contributed by atoms with Crippen LogP contribution in [-0.4, -0.2) is 20.3 Å². The SMILES string of the molecule is CC(C)(O)CC(=O)C=C(N)C(Cl)(Cl)Cl. The van der Waals surface area contributed by atoms with Gasteiger partial charge in [-0.25, -0.2) is 0 Å². The summed E-state index contributed by atoms with van der Waals surface area (Å²) in [6.07, 6.45) is 0.944. The zero-order valence-corrected chi connectivity index (χ0v) is 10.1. The molecule has 82 valence electrons. The van der Waals surface area contributed by atoms with E-state index in [0.29, 0.717) is 0 Å². The lowest BCUT2D eigenvalue weighted by Crippen LogP contribution is -2.24. The van der Waals surface area contributed by atoms with Crippen LogP contribution in [0.3, 0.4) is 0 Å². The van der Waals surface area contributed by atoms with Crippen LogP contribution in [0.15, 0.2) is 11.8 Å². The number of hydrogen-bond donors (Lipinski definition) is 2. The molecule has 0 aromatic rings. The van der Waals surface area contributed by atoms with E-state index in [2.05, 4.69) is 0 Å². The highest BCUT2D eigenvalue weighted by molar-refractivity contribution is 6.69. The maximum atomic E-state index is 11.2. The topological polar surface area (TPSA) is 63.3 Å². The molecule has 0 amide bonds. The van der Waals surface area contributed by atoms with Gasteiger partial charge in [0.05, 0.1) is 11.3 Å². The number of carbonyl (C=O) groups is 1. The normalized spacial score (nSPS) is 14.3. The molecule has 0 aromatic carbocycles. The van der Waals surface area contributed by atoms with E-state index in [9.17, 15) is 9.90 Å². The van der Waals surface area contributed by atoms with Gasteiger partial charge in [0.25, 0.3) is 0 Å². The third-order valence-electron chi connectivity index (χ3n) is 1.25. The summed E-state index contributed by atoms with van der Waals surface area (Å²) < 4.78 is -1.78. The average molecular weight is 261 g/mol. The molecule has 14 heavy (non-hydrogen) atoms. The molecule has 0 rings (SSSR count). The summed E-state index contributed by atoms with van der Waals surface area (Å²) in [7, 11) is 0. The molecule has 0 unspecified atom stereocenters. The molecule has 6 heteroatoms. The second-order valence-electron chi connectivity index (χ2n) is 3.55. The molecule has 0 bridgehead atoms. The predicted octanol–water partition coefficient (Wildman–Crippen LogP) is 1.93. The van der Waals surface area contributed by atoms with Crippen LogP contribution in [0.25, 0.3) is 0 Å². The third-order valence-corrected chi connectivity index (χ3v) is 1.91. The van der Waals surface area contributed by atoms with Crippen molar-refractivity contribution in [1.29, 1.82) is 0 Å². The number of ketones is 1. The molecule has 0 saturated carbocycles. The van der Waals surface area contributed by atoms with Crippen molar-refractivity contribution < 1.29 is 9.90 Å². The van der Waals surface area contributed by atoms with E-state index in [1.54, 1.807) is 0 Å². The number of hydrogen-bond acceptors (Lipinski definition) is 3. The zero-order valence-electron chi connectivity index (χ0n) is 7.85. The largest absolute Gasteiger partial charge is 0.398 e. The molecule has 0 aliphatic heterocycles. The van der Waals surface area contributed by atoms with Crippen molar-refractivity contribution in [1.82, 2.24) is 0 Å². The van der Waals surface area contributed by atoms with Gasteiger partial charge in [0.15, 0.2) is 5.78 Å². The van der Waals surface area contributed by atoms with E-state index in [0.717, 1.165) is 6.08 Å². The molecule has 0 aliphatic rings. The minimum Gasteiger partial charge on any atom is -0.398 e. The fraction of sp³-hybridized carbons (Fsp3) is 0.625. The number of halogens is 3. The molecular weight excluding hydrogens is 248 g/mol. The van der Waals surface area contributed by atoms with E-state index in [1.807, 2.05) is 0 Å². The smallest absolute Gasteiger partial charge is 0.230 e. The Bertz CT molecular complexity index is 250. The van der Waals surface area contributed by atoms with Gasteiger partial charge in [0.1, 0.15) is 0 Å². The van der Waals surface area contributed by atoms with Crippen LogP contribution in [-0.2, 0) is 4.79 Å². The lowest BCUT2D eigenvalue weighted by atomic mass is 10.0. The van der Waals surface area contributed by atoms with Crippen molar-refractivity contribution in [3.8, 4) is 0 Å². The van der Waals surface area contributed by atoms with Crippen LogP contribution in [0.1, 0.15) is 20.3 Å². The summed E-state index contributed by atoms with van der Waals surface area (Å²) in [6.45, 7) is 3.01. The molecule has 0 aromatic heterocycles. The Morgan fingerprint density at radius 2 is 1.86 bits per heavy atom. The Labute approximate surface area is 97.8 Å². The van der Waals surface area contributed by atoms with Crippen molar-refractivity contribution in [2.75, 3.05) is 0 Å². The highest BCUT2D eigenvalue weighted by Crippen LogP contribution is 2.31. The van der Waals surface area contributed by atoms with Gasteiger partial charge in [-0.15, -0.1) is 0 Å². The number of alkyl halides is 3. The quantitative estimate of drug-likeness (QED) is 0.602. The van der Waals surface area contributed by atoms with Crippen molar-refractivity contribution >= 4 is 40.6 Å². The maximum Gasteiger partial charge on any atom is 0.230 e. The van der Waals surface area contributed by atoms with E-state index in [4.69, 9.17) is 40.5 Å². The van der Waals surface area contributed by atoms with Crippen molar-refractivity contribution in [2.24, 2.45) is 5.73 Å². The summed E-state index contributed by atoms with van der Waals surface area (Å²) >= 11 is 16.3. The summed E-state index contributed by atoms with van der Waals surface area (Å²) in [5, 5.41) is 9.31. The van der Waals surface area contributed by atoms with Crippen LogP contribution >= 0.6 is 34.8 Å². The first kappa shape index (κ1) is 14.0. The van der Waals surface area contributed by atoms with Gasteiger partial charge in [0.2, 0.25) is 3.79 Å². The van der Waals surface area contributed by atoms with Crippen LogP contribution in [0.2, 0.25) is 0 Å². The van der Waals surface area contributed by atoms with Crippen molar-refractivity contribution in [3.05, 3.63) is 11.8 Å². The van der Waals surface area contributed by atoms with Crippen LogP contribution < -0.4 is 5.73 Å². The van der Waals surface area contributed by atoms with Gasteiger partial charge in [-0.2, -0.15) is 0 Å². The van der Waals surface area contributed by atoms with Gasteiger partial charge in [-0.05, 0) is 13.8 Å². The van der Waals surface area contributed by atoms with E-state index in [1.165, 1.54) is 13.8 Å². The van der Waals surface area contributed by atoms with Gasteiger partial charge >= 0.3 is 0 Å². The Morgan fingerprint density at radius 3 is 2.14 bits per heavy atom. The summed E-state index contributed by atoms with van der Waals surface area (Å²) in [6, 6.07) is 0. The molecule has 0 heterocycles. The van der Waals surface area contributed by atoms with Gasteiger partial charge in [0, 0.05) is 12.5 Å². The lowest BCUT2D eigenvalue weighted by molar-refractivity contribution is -0.118. The number of nitrogens with two attached hydrogens (primary N) is 1. The second-order valence-corrected chi connectivity index (χ2v) is 5.83. The van der Waals surface area contributed by atoms with Crippen LogP contribution in [0, 0.1) is 0 Å². The first-order valence-corrected chi connectivity index (χ1v) is 4.95. The zero-order chi connectivity index (χ0) is 11.6. The minimum absolute atomic E-state index is 0.0750. The molecule has 0 aliphatic carbocycles. The average Bonchev–Trinajstić information content (AvgIpc) is 1.79. The monoisotopic (exact) mass is 259 g/mol. The Kier molecular flexibility index (Phi) is 4.72. The Morgan fingerprint density at radius 1 is 1.43 bits per heavy atom.